The molecule has 0 fully saturated rings. The van der Waals surface area contributed by atoms with Gasteiger partial charge in [-0.15, -0.1) is 0 Å². The summed E-state index contributed by atoms with van der Waals surface area (Å²) in [6, 6.07) is 2.53. The highest BCUT2D eigenvalue weighted by molar-refractivity contribution is 5.96. The fourth-order valence-electron chi connectivity index (χ4n) is 1.65. The van der Waals surface area contributed by atoms with Crippen molar-refractivity contribution >= 4 is 17.6 Å². The number of ether oxygens (including phenoxy) is 1. The van der Waals surface area contributed by atoms with E-state index in [-0.39, 0.29) is 18.2 Å². The van der Waals surface area contributed by atoms with Crippen LogP contribution >= 0.6 is 0 Å². The summed E-state index contributed by atoms with van der Waals surface area (Å²) in [7, 11) is 1.19. The quantitative estimate of drug-likeness (QED) is 0.469. The first kappa shape index (κ1) is 16.5. The maximum Gasteiger partial charge on any atom is 0.325 e. The van der Waals surface area contributed by atoms with Crippen molar-refractivity contribution in [3.05, 3.63) is 39.7 Å². The molecule has 1 aromatic carbocycles. The average Bonchev–Trinajstić information content (AvgIpc) is 2.42. The van der Waals surface area contributed by atoms with Gasteiger partial charge < -0.3 is 9.64 Å². The third kappa shape index (κ3) is 3.98. The molecule has 0 saturated carbocycles. The van der Waals surface area contributed by atoms with Crippen LogP contribution in [-0.4, -0.2) is 41.4 Å². The Kier molecular flexibility index (Phi) is 5.34. The number of rotatable bonds is 5. The van der Waals surface area contributed by atoms with E-state index < -0.39 is 28.3 Å². The van der Waals surface area contributed by atoms with Gasteiger partial charge in [-0.05, 0) is 26.0 Å². The van der Waals surface area contributed by atoms with Gasteiger partial charge in [0.15, 0.2) is 0 Å². The molecule has 0 atom stereocenters. The zero-order valence-corrected chi connectivity index (χ0v) is 11.8. The largest absolute Gasteiger partial charge is 0.468 e. The van der Waals surface area contributed by atoms with Gasteiger partial charge in [-0.25, -0.2) is 0 Å². The molecule has 1 aromatic rings. The molecular formula is C13H15FN2O5. The number of hydrogen-bond acceptors (Lipinski definition) is 5. The molecule has 8 heteroatoms. The van der Waals surface area contributed by atoms with Crippen molar-refractivity contribution in [1.82, 2.24) is 4.90 Å². The summed E-state index contributed by atoms with van der Waals surface area (Å²) >= 11 is 0. The summed E-state index contributed by atoms with van der Waals surface area (Å²) in [6.07, 6.45) is 0. The highest BCUT2D eigenvalue weighted by atomic mass is 19.1. The van der Waals surface area contributed by atoms with Gasteiger partial charge in [-0.1, -0.05) is 0 Å². The first-order chi connectivity index (χ1) is 9.77. The molecule has 114 valence electrons. The molecule has 0 heterocycles. The summed E-state index contributed by atoms with van der Waals surface area (Å²) < 4.78 is 18.0. The molecule has 0 N–H and O–H groups in total. The van der Waals surface area contributed by atoms with Crippen LogP contribution in [0.1, 0.15) is 24.2 Å². The second-order valence-corrected chi connectivity index (χ2v) is 4.53. The molecule has 0 aromatic heterocycles. The average molecular weight is 298 g/mol. The van der Waals surface area contributed by atoms with Crippen molar-refractivity contribution in [2.75, 3.05) is 13.7 Å². The number of carbonyl (C=O) groups excluding carboxylic acids is 2. The lowest BCUT2D eigenvalue weighted by Crippen LogP contribution is -2.41. The lowest BCUT2D eigenvalue weighted by molar-refractivity contribution is -0.387. The van der Waals surface area contributed by atoms with E-state index in [9.17, 15) is 24.1 Å². The number of esters is 1. The van der Waals surface area contributed by atoms with E-state index in [4.69, 9.17) is 0 Å². The topological polar surface area (TPSA) is 89.8 Å². The number of nitro benzene ring substituents is 1. The Balaban J connectivity index is 3.07. The van der Waals surface area contributed by atoms with Gasteiger partial charge in [-0.3, -0.25) is 19.7 Å². The van der Waals surface area contributed by atoms with Crippen LogP contribution in [0.3, 0.4) is 0 Å². The summed E-state index contributed by atoms with van der Waals surface area (Å²) in [6.45, 7) is 3.08. The normalized spacial score (nSPS) is 10.3. The van der Waals surface area contributed by atoms with E-state index in [1.807, 2.05) is 0 Å². The lowest BCUT2D eigenvalue weighted by atomic mass is 10.1. The van der Waals surface area contributed by atoms with Crippen LogP contribution in [0, 0.1) is 15.9 Å². The van der Waals surface area contributed by atoms with E-state index in [1.54, 1.807) is 13.8 Å². The van der Waals surface area contributed by atoms with Crippen LogP contribution in [0.25, 0.3) is 0 Å². The maximum atomic E-state index is 13.6. The minimum Gasteiger partial charge on any atom is -0.468 e. The molecule has 0 unspecified atom stereocenters. The van der Waals surface area contributed by atoms with Crippen molar-refractivity contribution in [3.8, 4) is 0 Å². The number of hydrogen-bond donors (Lipinski definition) is 0. The predicted molar refractivity (Wildman–Crippen MR) is 71.2 cm³/mol. The Morgan fingerprint density at radius 2 is 2.05 bits per heavy atom. The SMILES string of the molecule is COC(=O)CN(C(=O)c1ccc([N+](=O)[O-])c(F)c1)C(C)C. The minimum atomic E-state index is -1.10. The zero-order chi connectivity index (χ0) is 16.2. The van der Waals surface area contributed by atoms with Gasteiger partial charge in [0.25, 0.3) is 5.91 Å². The van der Waals surface area contributed by atoms with E-state index >= 15 is 0 Å². The number of amides is 1. The van der Waals surface area contributed by atoms with Gasteiger partial charge in [0.1, 0.15) is 6.54 Å². The van der Waals surface area contributed by atoms with Crippen molar-refractivity contribution in [2.24, 2.45) is 0 Å². The predicted octanol–water partition coefficient (Wildman–Crippen LogP) is 1.76. The second-order valence-electron chi connectivity index (χ2n) is 4.53. The third-order valence-electron chi connectivity index (χ3n) is 2.80. The number of carbonyl (C=O) groups is 2. The van der Waals surface area contributed by atoms with E-state index in [2.05, 4.69) is 4.74 Å². The Morgan fingerprint density at radius 3 is 2.48 bits per heavy atom. The molecule has 0 aliphatic rings. The molecular weight excluding hydrogens is 283 g/mol. The molecule has 0 saturated heterocycles. The molecule has 0 bridgehead atoms. The van der Waals surface area contributed by atoms with Crippen LogP contribution in [0.5, 0.6) is 0 Å². The molecule has 1 amide bonds. The summed E-state index contributed by atoms with van der Waals surface area (Å²) in [5.74, 6) is -2.32. The molecule has 0 radical (unpaired) electrons. The van der Waals surface area contributed by atoms with Gasteiger partial charge in [0, 0.05) is 17.7 Å². The third-order valence-corrected chi connectivity index (χ3v) is 2.80. The summed E-state index contributed by atoms with van der Waals surface area (Å²) in [4.78, 5) is 34.4. The lowest BCUT2D eigenvalue weighted by Gasteiger charge is -2.25. The van der Waals surface area contributed by atoms with E-state index in [1.165, 1.54) is 12.0 Å². The number of halogens is 1. The first-order valence-corrected chi connectivity index (χ1v) is 6.09. The maximum absolute atomic E-state index is 13.6. The van der Waals surface area contributed by atoms with Crippen molar-refractivity contribution < 1.29 is 23.6 Å². The Labute approximate surface area is 120 Å². The van der Waals surface area contributed by atoms with Crippen molar-refractivity contribution in [1.29, 1.82) is 0 Å². The summed E-state index contributed by atoms with van der Waals surface area (Å²) in [5.41, 5.74) is -0.786. The van der Waals surface area contributed by atoms with Crippen LogP contribution in [-0.2, 0) is 9.53 Å². The smallest absolute Gasteiger partial charge is 0.325 e. The highest BCUT2D eigenvalue weighted by Gasteiger charge is 2.24. The molecule has 1 rings (SSSR count). The van der Waals surface area contributed by atoms with Crippen LogP contribution < -0.4 is 0 Å². The van der Waals surface area contributed by atoms with Gasteiger partial charge >= 0.3 is 11.7 Å². The number of nitro groups is 1. The minimum absolute atomic E-state index is 0.0734. The van der Waals surface area contributed by atoms with E-state index in [0.29, 0.717) is 0 Å². The Morgan fingerprint density at radius 1 is 1.43 bits per heavy atom. The zero-order valence-electron chi connectivity index (χ0n) is 11.8. The molecule has 0 spiro atoms. The fraction of sp³-hybridized carbons (Fsp3) is 0.385. The van der Waals surface area contributed by atoms with Crippen LogP contribution in [0.2, 0.25) is 0 Å². The van der Waals surface area contributed by atoms with Crippen molar-refractivity contribution in [3.63, 3.8) is 0 Å². The molecule has 21 heavy (non-hydrogen) atoms. The van der Waals surface area contributed by atoms with Crippen LogP contribution in [0.4, 0.5) is 10.1 Å². The summed E-state index contributed by atoms with van der Waals surface area (Å²) in [5, 5.41) is 10.5. The monoisotopic (exact) mass is 298 g/mol. The number of nitrogens with zero attached hydrogens (tertiary/aromatic N) is 2. The van der Waals surface area contributed by atoms with E-state index in [0.717, 1.165) is 18.2 Å². The second kappa shape index (κ2) is 6.78. The molecule has 0 aliphatic carbocycles. The first-order valence-electron chi connectivity index (χ1n) is 6.09. The number of methoxy groups -OCH3 is 1. The van der Waals surface area contributed by atoms with Gasteiger partial charge in [0.2, 0.25) is 5.82 Å². The van der Waals surface area contributed by atoms with Gasteiger partial charge in [-0.2, -0.15) is 4.39 Å². The standard InChI is InChI=1S/C13H15FN2O5/c1-8(2)15(7-12(17)21-3)13(18)9-4-5-11(16(19)20)10(14)6-9/h4-6,8H,7H2,1-3H3. The highest BCUT2D eigenvalue weighted by Crippen LogP contribution is 2.19. The van der Waals surface area contributed by atoms with Crippen LogP contribution in [0.15, 0.2) is 18.2 Å². The number of benzene rings is 1. The van der Waals surface area contributed by atoms with Crippen molar-refractivity contribution in [2.45, 2.75) is 19.9 Å². The fourth-order valence-corrected chi connectivity index (χ4v) is 1.65. The van der Waals surface area contributed by atoms with Gasteiger partial charge in [0.05, 0.1) is 12.0 Å². The Hall–Kier alpha value is -2.51. The molecule has 0 aliphatic heterocycles. The molecule has 7 nitrogen and oxygen atoms in total. The Bertz CT molecular complexity index is 574.